The molecule has 0 aliphatic heterocycles. The number of nitrogen functional groups attached to an aromatic ring is 2. The molecule has 4 N–H and O–H groups in total. The van der Waals surface area contributed by atoms with Gasteiger partial charge in [-0.25, -0.2) is 14.6 Å². The summed E-state index contributed by atoms with van der Waals surface area (Å²) in [4.78, 5) is 8.96. The zero-order chi connectivity index (χ0) is 16.3. The summed E-state index contributed by atoms with van der Waals surface area (Å²) in [5, 5.41) is 6.06. The number of rotatable bonds is 2. The van der Waals surface area contributed by atoms with Gasteiger partial charge in [-0.1, -0.05) is 23.5 Å². The molecular formula is C17H16N6S. The van der Waals surface area contributed by atoms with Crippen LogP contribution in [0, 0.1) is 0 Å². The molecule has 0 saturated heterocycles. The Kier molecular flexibility index (Phi) is 2.81. The van der Waals surface area contributed by atoms with Gasteiger partial charge in [-0.15, -0.1) is 0 Å². The Morgan fingerprint density at radius 1 is 1.12 bits per heavy atom. The van der Waals surface area contributed by atoms with E-state index in [1.807, 2.05) is 16.8 Å². The third-order valence-electron chi connectivity index (χ3n) is 4.86. The van der Waals surface area contributed by atoms with Gasteiger partial charge in [-0.3, -0.25) is 0 Å². The van der Waals surface area contributed by atoms with Gasteiger partial charge in [0, 0.05) is 6.20 Å². The number of para-hydroxylation sites is 1. The average molecular weight is 336 g/mol. The Balaban J connectivity index is 1.47. The van der Waals surface area contributed by atoms with E-state index in [-0.39, 0.29) is 0 Å². The van der Waals surface area contributed by atoms with Gasteiger partial charge in [-0.05, 0) is 42.5 Å². The van der Waals surface area contributed by atoms with Crippen molar-refractivity contribution in [2.75, 3.05) is 11.5 Å². The van der Waals surface area contributed by atoms with Crippen LogP contribution in [0.1, 0.15) is 30.4 Å². The van der Waals surface area contributed by atoms with Crippen molar-refractivity contribution in [3.05, 3.63) is 42.1 Å². The van der Waals surface area contributed by atoms with Gasteiger partial charge < -0.3 is 11.5 Å². The molecule has 0 bridgehead atoms. The molecule has 1 saturated carbocycles. The molecule has 0 radical (unpaired) electrons. The van der Waals surface area contributed by atoms with Crippen molar-refractivity contribution >= 4 is 43.5 Å². The van der Waals surface area contributed by atoms with Gasteiger partial charge in [0.25, 0.3) is 0 Å². The smallest absolute Gasteiger partial charge is 0.181 e. The maximum atomic E-state index is 6.02. The topological polar surface area (TPSA) is 95.6 Å². The summed E-state index contributed by atoms with van der Waals surface area (Å²) in [5.41, 5.74) is 15.1. The summed E-state index contributed by atoms with van der Waals surface area (Å²) >= 11 is 1.54. The molecule has 5 rings (SSSR count). The van der Waals surface area contributed by atoms with Crippen molar-refractivity contribution in [2.45, 2.75) is 24.8 Å². The molecule has 0 amide bonds. The van der Waals surface area contributed by atoms with Gasteiger partial charge >= 0.3 is 0 Å². The SMILES string of the molecule is Nc1nc2c(C3CC(n4nc(N)c5cccnc54)C3)cccc2s1. The van der Waals surface area contributed by atoms with Gasteiger partial charge in [-0.2, -0.15) is 5.10 Å². The zero-order valence-electron chi connectivity index (χ0n) is 12.9. The summed E-state index contributed by atoms with van der Waals surface area (Å²) in [5.74, 6) is 1.03. The first-order chi connectivity index (χ1) is 11.7. The van der Waals surface area contributed by atoms with Crippen LogP contribution in [0.3, 0.4) is 0 Å². The molecule has 6 nitrogen and oxygen atoms in total. The van der Waals surface area contributed by atoms with Crippen molar-refractivity contribution in [3.8, 4) is 0 Å². The van der Waals surface area contributed by atoms with E-state index in [1.165, 1.54) is 5.56 Å². The van der Waals surface area contributed by atoms with Crippen LogP contribution in [0.4, 0.5) is 10.9 Å². The maximum absolute atomic E-state index is 6.02. The Morgan fingerprint density at radius 2 is 2.00 bits per heavy atom. The predicted octanol–water partition coefficient (Wildman–Crippen LogP) is 3.32. The van der Waals surface area contributed by atoms with Gasteiger partial charge in [0.05, 0.1) is 21.6 Å². The Labute approximate surface area is 142 Å². The fourth-order valence-corrected chi connectivity index (χ4v) is 4.38. The fourth-order valence-electron chi connectivity index (χ4n) is 3.61. The van der Waals surface area contributed by atoms with Crippen LogP contribution >= 0.6 is 11.3 Å². The van der Waals surface area contributed by atoms with E-state index in [2.05, 4.69) is 33.3 Å². The number of hydrogen-bond acceptors (Lipinski definition) is 6. The van der Waals surface area contributed by atoms with Gasteiger partial charge in [0.15, 0.2) is 16.6 Å². The quantitative estimate of drug-likeness (QED) is 0.585. The highest BCUT2D eigenvalue weighted by atomic mass is 32.1. The van der Waals surface area contributed by atoms with E-state index in [1.54, 1.807) is 17.5 Å². The van der Waals surface area contributed by atoms with E-state index >= 15 is 0 Å². The maximum Gasteiger partial charge on any atom is 0.181 e. The lowest BCUT2D eigenvalue weighted by atomic mass is 9.75. The van der Waals surface area contributed by atoms with Crippen LogP contribution in [0.15, 0.2) is 36.5 Å². The van der Waals surface area contributed by atoms with E-state index in [0.29, 0.717) is 22.9 Å². The number of pyridine rings is 1. The average Bonchev–Trinajstić information content (AvgIpc) is 3.07. The predicted molar refractivity (Wildman–Crippen MR) is 97.0 cm³/mol. The monoisotopic (exact) mass is 336 g/mol. The molecule has 7 heteroatoms. The van der Waals surface area contributed by atoms with E-state index in [9.17, 15) is 0 Å². The van der Waals surface area contributed by atoms with Crippen molar-refractivity contribution in [2.24, 2.45) is 0 Å². The number of aromatic nitrogens is 4. The van der Waals surface area contributed by atoms with Crippen molar-refractivity contribution in [3.63, 3.8) is 0 Å². The van der Waals surface area contributed by atoms with Gasteiger partial charge in [0.1, 0.15) is 0 Å². The molecule has 3 aromatic heterocycles. The second-order valence-electron chi connectivity index (χ2n) is 6.27. The fraction of sp³-hybridized carbons (Fsp3) is 0.235. The number of hydrogen-bond donors (Lipinski definition) is 2. The van der Waals surface area contributed by atoms with Gasteiger partial charge in [0.2, 0.25) is 0 Å². The van der Waals surface area contributed by atoms with Crippen LogP contribution in [0.25, 0.3) is 21.3 Å². The second kappa shape index (κ2) is 4.91. The minimum atomic E-state index is 0.330. The Bertz CT molecular complexity index is 1060. The van der Waals surface area contributed by atoms with Crippen LogP contribution < -0.4 is 11.5 Å². The molecule has 120 valence electrons. The first kappa shape index (κ1) is 13.7. The molecule has 1 fully saturated rings. The second-order valence-corrected chi connectivity index (χ2v) is 7.33. The van der Waals surface area contributed by atoms with E-state index < -0.39 is 0 Å². The van der Waals surface area contributed by atoms with Crippen LogP contribution in [-0.2, 0) is 0 Å². The summed E-state index contributed by atoms with van der Waals surface area (Å²) < 4.78 is 3.14. The molecule has 1 aromatic carbocycles. The van der Waals surface area contributed by atoms with Crippen LogP contribution in [0.2, 0.25) is 0 Å². The highest BCUT2D eigenvalue weighted by Crippen LogP contribution is 2.47. The number of benzene rings is 1. The third kappa shape index (κ3) is 1.91. The standard InChI is InChI=1S/C17H16N6S/c18-15-12-4-2-6-20-16(12)23(22-15)10-7-9(8-10)11-3-1-5-13-14(11)21-17(19)24-13/h1-6,9-10H,7-8H2,(H2,18,22)(H2,19,21). The molecule has 0 atom stereocenters. The minimum absolute atomic E-state index is 0.330. The highest BCUT2D eigenvalue weighted by molar-refractivity contribution is 7.22. The Morgan fingerprint density at radius 3 is 2.88 bits per heavy atom. The lowest BCUT2D eigenvalue weighted by Gasteiger charge is -2.35. The first-order valence-corrected chi connectivity index (χ1v) is 8.76. The molecular weight excluding hydrogens is 320 g/mol. The number of anilines is 2. The summed E-state index contributed by atoms with van der Waals surface area (Å²) in [6.07, 6.45) is 3.82. The number of fused-ring (bicyclic) bond motifs is 2. The minimum Gasteiger partial charge on any atom is -0.382 e. The van der Waals surface area contributed by atoms with Crippen molar-refractivity contribution in [1.82, 2.24) is 19.7 Å². The molecule has 1 aliphatic carbocycles. The number of nitrogens with two attached hydrogens (primary N) is 2. The molecule has 0 unspecified atom stereocenters. The van der Waals surface area contributed by atoms with E-state index in [4.69, 9.17) is 11.5 Å². The largest absolute Gasteiger partial charge is 0.382 e. The van der Waals surface area contributed by atoms with Crippen molar-refractivity contribution in [1.29, 1.82) is 0 Å². The van der Waals surface area contributed by atoms with Crippen LogP contribution in [-0.4, -0.2) is 19.7 Å². The van der Waals surface area contributed by atoms with E-state index in [0.717, 1.165) is 34.1 Å². The zero-order valence-corrected chi connectivity index (χ0v) is 13.7. The number of nitrogens with zero attached hydrogens (tertiary/aromatic N) is 4. The van der Waals surface area contributed by atoms with Crippen molar-refractivity contribution < 1.29 is 0 Å². The highest BCUT2D eigenvalue weighted by Gasteiger charge is 2.35. The summed E-state index contributed by atoms with van der Waals surface area (Å²) in [7, 11) is 0. The lowest BCUT2D eigenvalue weighted by molar-refractivity contribution is 0.252. The molecule has 3 heterocycles. The molecule has 4 aromatic rings. The normalized spacial score (nSPS) is 20.5. The van der Waals surface area contributed by atoms with Crippen LogP contribution in [0.5, 0.6) is 0 Å². The molecule has 24 heavy (non-hydrogen) atoms. The lowest BCUT2D eigenvalue weighted by Crippen LogP contribution is -2.26. The first-order valence-electron chi connectivity index (χ1n) is 7.94. The molecule has 1 aliphatic rings. The number of thiazole rings is 1. The Hall–Kier alpha value is -2.67. The third-order valence-corrected chi connectivity index (χ3v) is 5.71. The summed E-state index contributed by atoms with van der Waals surface area (Å²) in [6.45, 7) is 0. The summed E-state index contributed by atoms with van der Waals surface area (Å²) in [6, 6.07) is 10.5. The molecule has 0 spiro atoms.